The summed E-state index contributed by atoms with van der Waals surface area (Å²) in [6, 6.07) is 0. The van der Waals surface area contributed by atoms with Crippen molar-refractivity contribution in [2.45, 2.75) is 13.6 Å². The third kappa shape index (κ3) is 97.0. The minimum absolute atomic E-state index is 0. The summed E-state index contributed by atoms with van der Waals surface area (Å²) < 4.78 is 0. The average Bonchev–Trinajstić information content (AvgIpc) is 0.918. The van der Waals surface area contributed by atoms with E-state index in [9.17, 15) is 0 Å². The second-order valence-corrected chi connectivity index (χ2v) is 0.577. The fourth-order valence-corrected chi connectivity index (χ4v) is 0. The Hall–Kier alpha value is 10.0. The van der Waals surface area contributed by atoms with E-state index in [-0.39, 0.29) is 309 Å². The van der Waals surface area contributed by atoms with Gasteiger partial charge in [-0.1, -0.05) is 13.6 Å². The Morgan fingerprint density at radius 1 is 0.429 bits per heavy atom. The van der Waals surface area contributed by atoms with Gasteiger partial charge in [-0.05, 0) is 0 Å². The fourth-order valence-electron chi connectivity index (χ4n) is 0. The van der Waals surface area contributed by atoms with Gasteiger partial charge in [0.15, 0.2) is 0 Å². The zero-order valence-electron chi connectivity index (χ0n) is 9.77. The average molecular weight is 871 g/mol. The molecule has 0 aromatic heterocycles. The minimum Gasteiger partial charge on any atom is -0.358 e. The van der Waals surface area contributed by atoms with E-state index in [4.69, 9.17) is 0 Å². The van der Waals surface area contributed by atoms with Crippen LogP contribution in [0.15, 0.2) is 0 Å². The molecule has 0 unspecified atom stereocenters. The van der Waals surface area contributed by atoms with E-state index in [1.807, 2.05) is 20.9 Å². The van der Waals surface area contributed by atoms with Gasteiger partial charge in [-0.2, -0.15) is 0 Å². The van der Waals surface area contributed by atoms with Gasteiger partial charge in [0, 0.05) is 294 Å². The van der Waals surface area contributed by atoms with Gasteiger partial charge in [-0.25, -0.2) is 0 Å². The molecular weight excluding hydrogens is 859 g/mol. The van der Waals surface area contributed by atoms with E-state index < -0.39 is 0 Å². The second kappa shape index (κ2) is 92.0. The molecule has 0 spiro atoms. The van der Waals surface area contributed by atoms with E-state index in [1.165, 1.54) is 0 Å². The molecular formula is C4H12BY9-2. The largest absolute Gasteiger partial charge is 0.358 e. The van der Waals surface area contributed by atoms with Crippen LogP contribution in [0.3, 0.4) is 0 Å². The first-order chi connectivity index (χ1) is 1.41. The summed E-state index contributed by atoms with van der Waals surface area (Å²) in [5, 5.41) is 0. The molecule has 0 saturated carbocycles. The topological polar surface area (TPSA) is 0 Å². The van der Waals surface area contributed by atoms with Crippen LogP contribution in [0.2, 0.25) is 13.6 Å². The van der Waals surface area contributed by atoms with Crippen molar-refractivity contribution in [1.29, 1.82) is 0 Å². The Labute approximate surface area is 319 Å². The van der Waals surface area contributed by atoms with Crippen LogP contribution in [0.1, 0.15) is 0 Å². The molecule has 60 valence electrons. The second-order valence-electron chi connectivity index (χ2n) is 0.577. The maximum Gasteiger partial charge on any atom is 0.102 e. The predicted molar refractivity (Wildman–Crippen MR) is 30.3 cm³/mol. The molecule has 0 atom stereocenters. The summed E-state index contributed by atoms with van der Waals surface area (Å²) in [7, 11) is 2.00. The van der Waals surface area contributed by atoms with Crippen molar-refractivity contribution in [2.75, 3.05) is 0 Å². The molecule has 0 rings (SSSR count). The first-order valence-corrected chi connectivity index (χ1v) is 1.15. The quantitative estimate of drug-likeness (QED) is 0.257. The first-order valence-electron chi connectivity index (χ1n) is 1.15. The molecule has 14 heavy (non-hydrogen) atoms. The SMILES string of the molecule is C[B]C.[CH3-].[CH3-].[Y].[Y].[Y].[Y].[Y].[Y].[Y].[Y].[Y]. The van der Waals surface area contributed by atoms with Gasteiger partial charge in [0.2, 0.25) is 0 Å². The summed E-state index contributed by atoms with van der Waals surface area (Å²) in [4.78, 5) is 0. The molecule has 0 aliphatic heterocycles. The Bertz CT molecular complexity index is 16.8. The van der Waals surface area contributed by atoms with Crippen LogP contribution in [-0.2, 0) is 294 Å². The molecule has 0 bridgehead atoms. The maximum absolute atomic E-state index is 2.00. The van der Waals surface area contributed by atoms with E-state index >= 15 is 0 Å². The molecule has 0 aromatic carbocycles. The van der Waals surface area contributed by atoms with Crippen LogP contribution in [-0.4, -0.2) is 7.28 Å². The van der Waals surface area contributed by atoms with Crippen molar-refractivity contribution in [3.8, 4) is 0 Å². The van der Waals surface area contributed by atoms with Gasteiger partial charge >= 0.3 is 0 Å². The third-order valence-corrected chi connectivity index (χ3v) is 0. The van der Waals surface area contributed by atoms with Crippen LogP contribution in [0.25, 0.3) is 0 Å². The summed E-state index contributed by atoms with van der Waals surface area (Å²) >= 11 is 0. The van der Waals surface area contributed by atoms with Crippen molar-refractivity contribution in [3.05, 3.63) is 14.9 Å². The van der Waals surface area contributed by atoms with Gasteiger partial charge in [0.05, 0.1) is 0 Å². The van der Waals surface area contributed by atoms with Gasteiger partial charge in [-0.3, -0.25) is 0 Å². The number of rotatable bonds is 0. The molecule has 0 fully saturated rings. The first kappa shape index (κ1) is 88.2. The normalized spacial score (nSPS) is 1.00. The third-order valence-electron chi connectivity index (χ3n) is 0. The number of hydrogen-bond acceptors (Lipinski definition) is 0. The van der Waals surface area contributed by atoms with Crippen molar-refractivity contribution >= 4 is 7.28 Å². The van der Waals surface area contributed by atoms with E-state index in [1.54, 1.807) is 0 Å². The summed E-state index contributed by atoms with van der Waals surface area (Å²) in [6.07, 6.45) is 0. The molecule has 10 radical (unpaired) electrons. The molecule has 0 saturated heterocycles. The van der Waals surface area contributed by atoms with Crippen LogP contribution in [0, 0.1) is 14.9 Å². The van der Waals surface area contributed by atoms with E-state index in [0.717, 1.165) is 0 Å². The van der Waals surface area contributed by atoms with Crippen LogP contribution < -0.4 is 0 Å². The van der Waals surface area contributed by atoms with Gasteiger partial charge < -0.3 is 14.9 Å². The van der Waals surface area contributed by atoms with Gasteiger partial charge in [-0.15, -0.1) is 0 Å². The molecule has 0 N–H and O–H groups in total. The van der Waals surface area contributed by atoms with Gasteiger partial charge in [0.25, 0.3) is 0 Å². The Morgan fingerprint density at radius 3 is 0.429 bits per heavy atom. The molecule has 0 heterocycles. The van der Waals surface area contributed by atoms with Crippen molar-refractivity contribution in [1.82, 2.24) is 0 Å². The minimum atomic E-state index is 0. The summed E-state index contributed by atoms with van der Waals surface area (Å²) in [6.45, 7) is 4.00. The Kier molecular flexibility index (Phi) is 579. The smallest absolute Gasteiger partial charge is 0.102 e. The maximum atomic E-state index is 2.00. The Morgan fingerprint density at radius 2 is 0.429 bits per heavy atom. The summed E-state index contributed by atoms with van der Waals surface area (Å²) in [5.74, 6) is 0. The van der Waals surface area contributed by atoms with Crippen LogP contribution >= 0.6 is 0 Å². The molecule has 0 amide bonds. The zero-order valence-corrected chi connectivity index (χ0v) is 35.3. The predicted octanol–water partition coefficient (Wildman–Crippen LogP) is 1.66. The van der Waals surface area contributed by atoms with Crippen molar-refractivity contribution < 1.29 is 294 Å². The van der Waals surface area contributed by atoms with Gasteiger partial charge in [0.1, 0.15) is 7.28 Å². The fraction of sp³-hybridized carbons (Fsp3) is 0.500. The zero-order chi connectivity index (χ0) is 2.71. The van der Waals surface area contributed by atoms with E-state index in [2.05, 4.69) is 0 Å². The standard InChI is InChI=1S/C2H6B.2CH3.9Y/c1-3-2;;;;;;;;;;;/h1-2H3;2*1H3;;;;;;;;;/q;2*-1;;;;;;;;;. The molecule has 0 nitrogen and oxygen atoms in total. The molecule has 0 aliphatic carbocycles. The van der Waals surface area contributed by atoms with Crippen LogP contribution in [0.5, 0.6) is 0 Å². The summed E-state index contributed by atoms with van der Waals surface area (Å²) in [5.41, 5.74) is 0. The Balaban J connectivity index is -0.000000000364. The van der Waals surface area contributed by atoms with Crippen molar-refractivity contribution in [3.63, 3.8) is 0 Å². The van der Waals surface area contributed by atoms with Crippen LogP contribution in [0.4, 0.5) is 0 Å². The van der Waals surface area contributed by atoms with E-state index in [0.29, 0.717) is 0 Å². The monoisotopic (exact) mass is 871 g/mol. The molecule has 10 heteroatoms. The molecule has 0 aromatic rings. The van der Waals surface area contributed by atoms with Crippen molar-refractivity contribution in [2.24, 2.45) is 0 Å². The molecule has 0 aliphatic rings. The number of hydrogen-bond donors (Lipinski definition) is 0.